The van der Waals surface area contributed by atoms with Crippen LogP contribution in [-0.4, -0.2) is 125 Å². The highest BCUT2D eigenvalue weighted by Crippen LogP contribution is 2.31. The Morgan fingerprint density at radius 2 is 1.04 bits per heavy atom. The first-order valence-corrected chi connectivity index (χ1v) is 25.2. The van der Waals surface area contributed by atoms with Gasteiger partial charge in [0.05, 0.1) is 37.1 Å². The van der Waals surface area contributed by atoms with Gasteiger partial charge in [0.1, 0.15) is 10.2 Å². The van der Waals surface area contributed by atoms with E-state index in [0.717, 1.165) is 27.8 Å². The minimum atomic E-state index is -0.596. The largest absolute Gasteiger partial charge is 0.464 e. The number of rotatable bonds is 12. The van der Waals surface area contributed by atoms with E-state index in [4.69, 9.17) is 36.5 Å². The molecule has 82 heavy (non-hydrogen) atoms. The normalized spacial score (nSPS) is 10.7. The zero-order valence-corrected chi connectivity index (χ0v) is 46.8. The number of aromatic nitrogens is 10. The van der Waals surface area contributed by atoms with E-state index in [1.165, 1.54) is 23.1 Å². The van der Waals surface area contributed by atoms with Crippen molar-refractivity contribution in [2.45, 2.75) is 46.9 Å². The van der Waals surface area contributed by atoms with Crippen LogP contribution in [0.4, 0.5) is 22.2 Å². The third kappa shape index (κ3) is 15.8. The number of nitrogens with zero attached hydrogens (tertiary/aromatic N) is 12. The van der Waals surface area contributed by atoms with Crippen molar-refractivity contribution in [2.24, 2.45) is 5.73 Å². The van der Waals surface area contributed by atoms with Crippen LogP contribution >= 0.6 is 15.9 Å². The first kappa shape index (κ1) is 61.1. The molecule has 9 N–H and O–H groups in total. The molecule has 5 heterocycles. The van der Waals surface area contributed by atoms with Crippen molar-refractivity contribution in [1.82, 2.24) is 65.4 Å². The maximum absolute atomic E-state index is 12.2. The molecule has 0 saturated heterocycles. The summed E-state index contributed by atoms with van der Waals surface area (Å²) in [6, 6.07) is 29.0. The van der Waals surface area contributed by atoms with E-state index >= 15 is 0 Å². The number of ether oxygens (including phenoxy) is 2. The summed E-state index contributed by atoms with van der Waals surface area (Å²) in [7, 11) is 8.07. The average Bonchev–Trinajstić information content (AvgIpc) is 4.35. The number of nitrogen functional groups attached to an aromatic ring is 3. The molecule has 0 atom stereocenters. The van der Waals surface area contributed by atoms with Crippen molar-refractivity contribution in [3.05, 3.63) is 148 Å². The molecule has 9 rings (SSSR count). The van der Waals surface area contributed by atoms with Crippen molar-refractivity contribution < 1.29 is 37.5 Å². The van der Waals surface area contributed by atoms with Crippen LogP contribution in [0.5, 0.6) is 0 Å². The molecule has 0 aliphatic heterocycles. The standard InChI is InChI=1S/C27H29N7O4.C22H21N7O2.C6H6BrN3O2.CH4/c1-27(2,3)38-26(36)30-14-16-7-6-8-19(13-16)23-32-33-24(37-23)21-22(28)29-15-20(31-21)17-9-11-18(12-10-17)25(35)34(4)5;1-29(2)22(30)15-8-6-14(7-9-15)17-12-25-19(24)18(26-17)21-28-27-20(31-21)16-5-3-4-13(10-16)11-23;1-12-6(11)4-5(8)9-2-3(7)10-4;/h6-13,15H,14H2,1-5H3,(H2,28,29)(H,30,36);3-10,12H,11,23H2,1-2H3,(H2,24,25);2H,1H3,(H2,8,9);1H4. The Labute approximate surface area is 480 Å². The highest BCUT2D eigenvalue weighted by Gasteiger charge is 2.21. The lowest BCUT2D eigenvalue weighted by Gasteiger charge is -2.19. The van der Waals surface area contributed by atoms with E-state index in [1.54, 1.807) is 110 Å². The summed E-state index contributed by atoms with van der Waals surface area (Å²) in [5.74, 6) is 0.485. The zero-order chi connectivity index (χ0) is 58.5. The Hall–Kier alpha value is -10.1. The molecule has 3 amide bonds. The first-order chi connectivity index (χ1) is 38.6. The SMILES string of the molecule is C.CN(C)C(=O)c1ccc(-c2cnc(N)c(-c3nnc(-c4cccc(CN)c4)o3)n2)cc1.CN(C)C(=O)c1ccc(-c2cnc(N)c(-c3nnc(-c4cccc(CNC(=O)OC(C)(C)C)c4)o3)n2)cc1.COC(=O)c1nc(Br)cnc1N. The Morgan fingerprint density at radius 1 is 0.598 bits per heavy atom. The van der Waals surface area contributed by atoms with Crippen LogP contribution in [0.1, 0.15) is 70.5 Å². The van der Waals surface area contributed by atoms with E-state index in [2.05, 4.69) is 76.3 Å². The molecule has 0 spiro atoms. The minimum Gasteiger partial charge on any atom is -0.464 e. The predicted molar refractivity (Wildman–Crippen MR) is 310 cm³/mol. The van der Waals surface area contributed by atoms with Gasteiger partial charge in [0.15, 0.2) is 34.5 Å². The number of halogens is 1. The number of nitrogens with one attached hydrogen (secondary N) is 1. The Bertz CT molecular complexity index is 3700. The van der Waals surface area contributed by atoms with Gasteiger partial charge in [-0.15, -0.1) is 20.4 Å². The molecule has 9 aromatic rings. The number of amides is 3. The number of anilines is 3. The molecule has 5 aromatic heterocycles. The van der Waals surface area contributed by atoms with E-state index < -0.39 is 17.7 Å². The van der Waals surface area contributed by atoms with E-state index in [-0.39, 0.29) is 72.3 Å². The number of hydrogen-bond donors (Lipinski definition) is 5. The molecule has 4 aromatic carbocycles. The van der Waals surface area contributed by atoms with Crippen LogP contribution in [-0.2, 0) is 22.6 Å². The minimum absolute atomic E-state index is 0. The average molecular weight is 1180 g/mol. The van der Waals surface area contributed by atoms with Gasteiger partial charge in [-0.2, -0.15) is 0 Å². The summed E-state index contributed by atoms with van der Waals surface area (Å²) in [6.45, 7) is 6.09. The highest BCUT2D eigenvalue weighted by molar-refractivity contribution is 9.10. The molecule has 25 nitrogen and oxygen atoms in total. The number of methoxy groups -OCH3 is 1. The Kier molecular flexibility index (Phi) is 20.3. The van der Waals surface area contributed by atoms with Gasteiger partial charge in [-0.05, 0) is 96.4 Å². The molecular formula is C56H60BrN17O8. The van der Waals surface area contributed by atoms with Gasteiger partial charge in [-0.25, -0.2) is 39.5 Å². The van der Waals surface area contributed by atoms with Crippen LogP contribution in [0.15, 0.2) is 129 Å². The van der Waals surface area contributed by atoms with E-state index in [0.29, 0.717) is 50.8 Å². The third-order valence-corrected chi connectivity index (χ3v) is 11.5. The van der Waals surface area contributed by atoms with Crippen molar-refractivity contribution in [3.8, 4) is 68.6 Å². The second kappa shape index (κ2) is 27.2. The Balaban J connectivity index is 0.000000220. The van der Waals surface area contributed by atoms with Crippen LogP contribution in [0.3, 0.4) is 0 Å². The lowest BCUT2D eigenvalue weighted by molar-refractivity contribution is 0.0521. The van der Waals surface area contributed by atoms with Gasteiger partial charge >= 0.3 is 12.1 Å². The van der Waals surface area contributed by atoms with Crippen molar-refractivity contribution in [1.29, 1.82) is 0 Å². The molecular weight excluding hydrogens is 1120 g/mol. The molecule has 0 radical (unpaired) electrons. The van der Waals surface area contributed by atoms with Crippen LogP contribution in [0, 0.1) is 0 Å². The highest BCUT2D eigenvalue weighted by atomic mass is 79.9. The fourth-order valence-corrected chi connectivity index (χ4v) is 7.38. The smallest absolute Gasteiger partial charge is 0.407 e. The number of alkyl carbamates (subject to hydrolysis) is 1. The number of carbonyl (C=O) groups excluding carboxylic acids is 4. The van der Waals surface area contributed by atoms with Crippen LogP contribution in [0.25, 0.3) is 68.6 Å². The number of benzene rings is 4. The summed E-state index contributed by atoms with van der Waals surface area (Å²) in [4.78, 5) is 75.3. The monoisotopic (exact) mass is 1180 g/mol. The van der Waals surface area contributed by atoms with E-state index in [9.17, 15) is 19.2 Å². The summed E-state index contributed by atoms with van der Waals surface area (Å²) < 4.78 is 21.8. The van der Waals surface area contributed by atoms with E-state index in [1.807, 2.05) is 48.5 Å². The topological polar surface area (TPSA) is 365 Å². The molecule has 0 aliphatic carbocycles. The zero-order valence-electron chi connectivity index (χ0n) is 45.2. The summed E-state index contributed by atoms with van der Waals surface area (Å²) in [5, 5.41) is 19.2. The summed E-state index contributed by atoms with van der Waals surface area (Å²) >= 11 is 3.06. The third-order valence-electron chi connectivity index (χ3n) is 11.1. The molecule has 0 bridgehead atoms. The first-order valence-electron chi connectivity index (χ1n) is 24.4. The van der Waals surface area contributed by atoms with Gasteiger partial charge in [-0.1, -0.05) is 56.0 Å². The van der Waals surface area contributed by atoms with Crippen molar-refractivity contribution in [2.75, 3.05) is 52.5 Å². The maximum atomic E-state index is 12.2. The Morgan fingerprint density at radius 3 is 1.48 bits per heavy atom. The molecule has 26 heteroatoms. The van der Waals surface area contributed by atoms with Crippen molar-refractivity contribution >= 4 is 57.3 Å². The second-order valence-electron chi connectivity index (χ2n) is 18.7. The number of hydrogen-bond acceptors (Lipinski definition) is 22. The molecule has 424 valence electrons. The molecule has 0 fully saturated rings. The number of esters is 1. The molecule has 0 aliphatic rings. The van der Waals surface area contributed by atoms with Gasteiger partial charge in [0.25, 0.3) is 23.6 Å². The fraction of sp³-hybridized carbons (Fsp3) is 0.214. The van der Waals surface area contributed by atoms with Gasteiger partial charge in [0.2, 0.25) is 11.8 Å². The van der Waals surface area contributed by atoms with Crippen molar-refractivity contribution in [3.63, 3.8) is 0 Å². The second-order valence-corrected chi connectivity index (χ2v) is 19.5. The number of nitrogens with two attached hydrogens (primary N) is 4. The lowest BCUT2D eigenvalue weighted by atomic mass is 10.1. The summed E-state index contributed by atoms with van der Waals surface area (Å²) in [5.41, 5.74) is 30.1. The lowest BCUT2D eigenvalue weighted by Crippen LogP contribution is -2.32. The van der Waals surface area contributed by atoms with Crippen LogP contribution in [0.2, 0.25) is 0 Å². The van der Waals surface area contributed by atoms with Crippen LogP contribution < -0.4 is 28.3 Å². The molecule has 0 saturated carbocycles. The quantitative estimate of drug-likeness (QED) is 0.0722. The molecule has 0 unspecified atom stereocenters. The summed E-state index contributed by atoms with van der Waals surface area (Å²) in [6.07, 6.45) is 4.00. The predicted octanol–water partition coefficient (Wildman–Crippen LogP) is 8.02. The van der Waals surface area contributed by atoms with Gasteiger partial charge < -0.3 is 56.4 Å². The number of carbonyl (C=O) groups is 4. The maximum Gasteiger partial charge on any atom is 0.407 e. The van der Waals surface area contributed by atoms with Gasteiger partial charge in [-0.3, -0.25) is 9.59 Å². The van der Waals surface area contributed by atoms with Gasteiger partial charge in [0, 0.05) is 74.7 Å². The fourth-order valence-electron chi connectivity index (χ4n) is 7.10.